The van der Waals surface area contributed by atoms with E-state index < -0.39 is 12.1 Å². The predicted molar refractivity (Wildman–Crippen MR) is 105 cm³/mol. The summed E-state index contributed by atoms with van der Waals surface area (Å²) in [7, 11) is 1.58. The van der Waals surface area contributed by atoms with Crippen molar-refractivity contribution in [2.24, 2.45) is 0 Å². The molecule has 3 rings (SSSR count). The van der Waals surface area contributed by atoms with Gasteiger partial charge in [0.25, 0.3) is 5.91 Å². The Balaban J connectivity index is 1.48. The minimum Gasteiger partial charge on any atom is -0.496 e. The molecule has 1 aliphatic heterocycles. The highest BCUT2D eigenvalue weighted by molar-refractivity contribution is 6.05. The summed E-state index contributed by atoms with van der Waals surface area (Å²) < 4.78 is 7.22. The second-order valence-corrected chi connectivity index (χ2v) is 6.78. The first-order valence-electron chi connectivity index (χ1n) is 9.47. The van der Waals surface area contributed by atoms with Gasteiger partial charge in [-0.05, 0) is 25.0 Å². The zero-order valence-electron chi connectivity index (χ0n) is 16.6. The van der Waals surface area contributed by atoms with E-state index >= 15 is 0 Å². The van der Waals surface area contributed by atoms with Crippen LogP contribution in [0.1, 0.15) is 17.8 Å². The van der Waals surface area contributed by atoms with Gasteiger partial charge >= 0.3 is 6.03 Å². The zero-order valence-corrected chi connectivity index (χ0v) is 16.6. The second-order valence-electron chi connectivity index (χ2n) is 6.78. The number of para-hydroxylation sites is 1. The van der Waals surface area contributed by atoms with Gasteiger partial charge < -0.3 is 19.9 Å². The van der Waals surface area contributed by atoms with Gasteiger partial charge in [-0.2, -0.15) is 0 Å². The largest absolute Gasteiger partial charge is 0.496 e. The maximum Gasteiger partial charge on any atom is 0.324 e. The number of nitrogens with zero attached hydrogens (tertiary/aromatic N) is 3. The standard InChI is InChI=1S/C20H25N5O4/c1-14-21-8-11-24(14)12-9-22-18(26)13-16-19(27)25(20(28)23-16)10-7-15-5-3-4-6-17(15)29-2/h3-6,8,11,16H,7,9-10,12-13H2,1-2H3,(H,22,26)(H,23,28)/t16-/m1/s1. The number of ether oxygens (including phenoxy) is 1. The third-order valence-electron chi connectivity index (χ3n) is 4.89. The van der Waals surface area contributed by atoms with E-state index in [1.54, 1.807) is 13.3 Å². The Kier molecular flexibility index (Phi) is 6.48. The number of nitrogens with one attached hydrogen (secondary N) is 2. The fourth-order valence-electron chi connectivity index (χ4n) is 3.28. The first-order chi connectivity index (χ1) is 14.0. The van der Waals surface area contributed by atoms with Crippen molar-refractivity contribution in [3.05, 3.63) is 48.0 Å². The topological polar surface area (TPSA) is 106 Å². The molecule has 0 bridgehead atoms. The Morgan fingerprint density at radius 3 is 2.79 bits per heavy atom. The number of rotatable bonds is 9. The molecule has 0 spiro atoms. The average Bonchev–Trinajstić information content (AvgIpc) is 3.23. The highest BCUT2D eigenvalue weighted by Crippen LogP contribution is 2.19. The molecule has 4 amide bonds. The molecule has 1 atom stereocenters. The Morgan fingerprint density at radius 1 is 1.28 bits per heavy atom. The molecule has 2 heterocycles. The fourth-order valence-corrected chi connectivity index (χ4v) is 3.28. The molecule has 9 heteroatoms. The first kappa shape index (κ1) is 20.4. The number of aryl methyl sites for hydroxylation is 1. The van der Waals surface area contributed by atoms with Crippen molar-refractivity contribution in [2.45, 2.75) is 32.4 Å². The first-order valence-corrected chi connectivity index (χ1v) is 9.47. The van der Waals surface area contributed by atoms with Crippen LogP contribution in [-0.2, 0) is 22.6 Å². The molecule has 1 aromatic carbocycles. The van der Waals surface area contributed by atoms with Crippen LogP contribution in [0.5, 0.6) is 5.75 Å². The molecule has 1 aliphatic rings. The molecule has 1 fully saturated rings. The van der Waals surface area contributed by atoms with Crippen LogP contribution in [0.2, 0.25) is 0 Å². The molecule has 154 valence electrons. The molecule has 9 nitrogen and oxygen atoms in total. The van der Waals surface area contributed by atoms with Crippen LogP contribution in [-0.4, -0.2) is 58.5 Å². The minimum atomic E-state index is -0.838. The lowest BCUT2D eigenvalue weighted by atomic mass is 10.1. The molecule has 1 saturated heterocycles. The van der Waals surface area contributed by atoms with Crippen LogP contribution in [0.4, 0.5) is 4.79 Å². The Bertz CT molecular complexity index is 895. The van der Waals surface area contributed by atoms with Gasteiger partial charge in [0.2, 0.25) is 5.91 Å². The SMILES string of the molecule is COc1ccccc1CCN1C(=O)N[C@H](CC(=O)NCCn2ccnc2C)C1=O. The van der Waals surface area contributed by atoms with E-state index in [-0.39, 0.29) is 24.8 Å². The summed E-state index contributed by atoms with van der Waals surface area (Å²) in [6.45, 7) is 3.12. The van der Waals surface area contributed by atoms with Crippen molar-refractivity contribution in [1.29, 1.82) is 0 Å². The van der Waals surface area contributed by atoms with Gasteiger partial charge in [-0.1, -0.05) is 18.2 Å². The average molecular weight is 399 g/mol. The Hall–Kier alpha value is -3.36. The number of benzene rings is 1. The normalized spacial score (nSPS) is 16.1. The van der Waals surface area contributed by atoms with Gasteiger partial charge in [-0.15, -0.1) is 0 Å². The number of imide groups is 1. The van der Waals surface area contributed by atoms with E-state index in [9.17, 15) is 14.4 Å². The number of carbonyl (C=O) groups excluding carboxylic acids is 3. The van der Waals surface area contributed by atoms with Gasteiger partial charge in [-0.3, -0.25) is 14.5 Å². The maximum atomic E-state index is 12.6. The molecule has 1 aromatic heterocycles. The number of imidazole rings is 1. The van der Waals surface area contributed by atoms with Crippen LogP contribution < -0.4 is 15.4 Å². The van der Waals surface area contributed by atoms with E-state index in [0.717, 1.165) is 16.3 Å². The van der Waals surface area contributed by atoms with E-state index in [0.29, 0.717) is 25.3 Å². The molecular formula is C20H25N5O4. The molecule has 0 unspecified atom stereocenters. The van der Waals surface area contributed by atoms with Crippen LogP contribution >= 0.6 is 0 Å². The number of methoxy groups -OCH3 is 1. The lowest BCUT2D eigenvalue weighted by Crippen LogP contribution is -2.37. The van der Waals surface area contributed by atoms with Crippen molar-refractivity contribution in [1.82, 2.24) is 25.1 Å². The monoisotopic (exact) mass is 399 g/mol. The van der Waals surface area contributed by atoms with E-state index in [4.69, 9.17) is 4.74 Å². The molecule has 0 aliphatic carbocycles. The number of carbonyl (C=O) groups is 3. The molecule has 29 heavy (non-hydrogen) atoms. The molecule has 0 saturated carbocycles. The highest BCUT2D eigenvalue weighted by Gasteiger charge is 2.38. The van der Waals surface area contributed by atoms with Crippen molar-refractivity contribution >= 4 is 17.8 Å². The van der Waals surface area contributed by atoms with Gasteiger partial charge in [0.1, 0.15) is 17.6 Å². The summed E-state index contributed by atoms with van der Waals surface area (Å²) in [5.74, 6) is 0.908. The Morgan fingerprint density at radius 2 is 2.07 bits per heavy atom. The van der Waals surface area contributed by atoms with Crippen molar-refractivity contribution in [2.75, 3.05) is 20.2 Å². The second kappa shape index (κ2) is 9.22. The van der Waals surface area contributed by atoms with Crippen molar-refractivity contribution < 1.29 is 19.1 Å². The number of urea groups is 1. The summed E-state index contributed by atoms with van der Waals surface area (Å²) >= 11 is 0. The predicted octanol–water partition coefficient (Wildman–Crippen LogP) is 0.870. The highest BCUT2D eigenvalue weighted by atomic mass is 16.5. The van der Waals surface area contributed by atoms with Crippen LogP contribution in [0.25, 0.3) is 0 Å². The van der Waals surface area contributed by atoms with Gasteiger partial charge in [0.05, 0.1) is 13.5 Å². The Labute approximate surface area is 169 Å². The van der Waals surface area contributed by atoms with E-state index in [1.807, 2.05) is 42.0 Å². The fraction of sp³-hybridized carbons (Fsp3) is 0.400. The van der Waals surface area contributed by atoms with E-state index in [1.165, 1.54) is 0 Å². The lowest BCUT2D eigenvalue weighted by Gasteiger charge is -2.14. The maximum absolute atomic E-state index is 12.6. The molecule has 2 aromatic rings. The lowest BCUT2D eigenvalue weighted by molar-refractivity contribution is -0.130. The molecule has 0 radical (unpaired) electrons. The van der Waals surface area contributed by atoms with Gasteiger partial charge in [0, 0.05) is 32.0 Å². The quantitative estimate of drug-likeness (QED) is 0.609. The summed E-state index contributed by atoms with van der Waals surface area (Å²) in [4.78, 5) is 42.2. The summed E-state index contributed by atoms with van der Waals surface area (Å²) in [6.07, 6.45) is 3.93. The smallest absolute Gasteiger partial charge is 0.324 e. The third-order valence-corrected chi connectivity index (χ3v) is 4.89. The summed E-state index contributed by atoms with van der Waals surface area (Å²) in [5, 5.41) is 5.36. The van der Waals surface area contributed by atoms with Gasteiger partial charge in [0.15, 0.2) is 0 Å². The molecule has 2 N–H and O–H groups in total. The number of hydrogen-bond acceptors (Lipinski definition) is 5. The van der Waals surface area contributed by atoms with Crippen LogP contribution in [0, 0.1) is 6.92 Å². The van der Waals surface area contributed by atoms with E-state index in [2.05, 4.69) is 15.6 Å². The molecular weight excluding hydrogens is 374 g/mol. The minimum absolute atomic E-state index is 0.0847. The summed E-state index contributed by atoms with van der Waals surface area (Å²) in [6, 6.07) is 6.15. The van der Waals surface area contributed by atoms with Gasteiger partial charge in [-0.25, -0.2) is 9.78 Å². The number of amides is 4. The van der Waals surface area contributed by atoms with Crippen LogP contribution in [0.15, 0.2) is 36.7 Å². The van der Waals surface area contributed by atoms with Crippen LogP contribution in [0.3, 0.4) is 0 Å². The number of aromatic nitrogens is 2. The van der Waals surface area contributed by atoms with Crippen molar-refractivity contribution in [3.63, 3.8) is 0 Å². The number of hydrogen-bond donors (Lipinski definition) is 2. The zero-order chi connectivity index (χ0) is 20.8. The summed E-state index contributed by atoms with van der Waals surface area (Å²) in [5.41, 5.74) is 0.909. The third kappa shape index (κ3) is 4.92. The van der Waals surface area contributed by atoms with Crippen molar-refractivity contribution in [3.8, 4) is 5.75 Å².